The molecule has 3 N–H and O–H groups in total. The Kier molecular flexibility index (Phi) is 4.86. The molecule has 2 aromatic carbocycles. The molecular formula is C15H14BrF2NO. The van der Waals surface area contributed by atoms with Gasteiger partial charge in [0.2, 0.25) is 0 Å². The Hall–Kier alpha value is -1.30. The molecule has 0 bridgehead atoms. The van der Waals surface area contributed by atoms with Crippen molar-refractivity contribution < 1.29 is 13.9 Å². The summed E-state index contributed by atoms with van der Waals surface area (Å²) in [6.45, 7) is 0.124. The van der Waals surface area contributed by atoms with Crippen LogP contribution in [-0.2, 0) is 0 Å². The van der Waals surface area contributed by atoms with Gasteiger partial charge in [0.05, 0.1) is 6.10 Å². The molecular weight excluding hydrogens is 328 g/mol. The number of aliphatic hydroxyl groups is 1. The fourth-order valence-corrected chi connectivity index (χ4v) is 2.65. The summed E-state index contributed by atoms with van der Waals surface area (Å²) >= 11 is 3.18. The number of hydrogen-bond donors (Lipinski definition) is 2. The third kappa shape index (κ3) is 3.42. The molecule has 2 nitrogen and oxygen atoms in total. The molecule has 0 spiro atoms. The van der Waals surface area contributed by atoms with E-state index in [1.165, 1.54) is 24.3 Å². The van der Waals surface area contributed by atoms with Gasteiger partial charge in [-0.15, -0.1) is 0 Å². The molecule has 0 radical (unpaired) electrons. The second kappa shape index (κ2) is 6.43. The van der Waals surface area contributed by atoms with Gasteiger partial charge in [-0.25, -0.2) is 8.78 Å². The van der Waals surface area contributed by atoms with Crippen molar-refractivity contribution in [2.24, 2.45) is 5.73 Å². The molecule has 0 aliphatic heterocycles. The number of hydrogen-bond acceptors (Lipinski definition) is 2. The van der Waals surface area contributed by atoms with Gasteiger partial charge < -0.3 is 10.8 Å². The summed E-state index contributed by atoms with van der Waals surface area (Å²) in [5.41, 5.74) is 6.66. The molecule has 2 rings (SSSR count). The molecule has 0 aromatic heterocycles. The van der Waals surface area contributed by atoms with Gasteiger partial charge in [-0.1, -0.05) is 28.1 Å². The molecule has 0 aliphatic carbocycles. The fraction of sp³-hybridized carbons (Fsp3) is 0.200. The maximum absolute atomic E-state index is 13.4. The van der Waals surface area contributed by atoms with Crippen molar-refractivity contribution in [3.63, 3.8) is 0 Å². The summed E-state index contributed by atoms with van der Waals surface area (Å²) in [5, 5.41) is 10.4. The number of benzene rings is 2. The Morgan fingerprint density at radius 2 is 1.75 bits per heavy atom. The zero-order valence-electron chi connectivity index (χ0n) is 10.6. The molecule has 0 aliphatic rings. The van der Waals surface area contributed by atoms with E-state index < -0.39 is 23.7 Å². The van der Waals surface area contributed by atoms with Crippen LogP contribution >= 0.6 is 15.9 Å². The fourth-order valence-electron chi connectivity index (χ4n) is 2.16. The molecule has 2 atom stereocenters. The molecule has 0 saturated carbocycles. The Labute approximate surface area is 124 Å². The van der Waals surface area contributed by atoms with Crippen molar-refractivity contribution in [3.8, 4) is 0 Å². The highest BCUT2D eigenvalue weighted by Crippen LogP contribution is 2.32. The molecule has 5 heteroatoms. The first-order valence-corrected chi connectivity index (χ1v) is 6.90. The minimum absolute atomic E-state index is 0.124. The maximum Gasteiger partial charge on any atom is 0.124 e. The van der Waals surface area contributed by atoms with Crippen LogP contribution < -0.4 is 5.73 Å². The molecule has 20 heavy (non-hydrogen) atoms. The van der Waals surface area contributed by atoms with Crippen LogP contribution in [0.5, 0.6) is 0 Å². The van der Waals surface area contributed by atoms with E-state index in [1.54, 1.807) is 18.2 Å². The highest BCUT2D eigenvalue weighted by molar-refractivity contribution is 9.10. The average Bonchev–Trinajstić information content (AvgIpc) is 2.38. The number of rotatable bonds is 4. The van der Waals surface area contributed by atoms with Gasteiger partial charge in [0, 0.05) is 16.9 Å². The zero-order valence-corrected chi connectivity index (χ0v) is 12.1. The number of nitrogens with two attached hydrogens (primary N) is 1. The largest absolute Gasteiger partial charge is 0.388 e. The van der Waals surface area contributed by atoms with Crippen molar-refractivity contribution in [3.05, 3.63) is 69.7 Å². The lowest BCUT2D eigenvalue weighted by Gasteiger charge is -2.22. The van der Waals surface area contributed by atoms with E-state index in [0.29, 0.717) is 15.6 Å². The first-order valence-electron chi connectivity index (χ1n) is 6.11. The van der Waals surface area contributed by atoms with Crippen molar-refractivity contribution in [2.45, 2.75) is 12.0 Å². The molecule has 106 valence electrons. The van der Waals surface area contributed by atoms with E-state index in [-0.39, 0.29) is 6.54 Å². The second-order valence-corrected chi connectivity index (χ2v) is 5.46. The van der Waals surface area contributed by atoms with Crippen LogP contribution in [0.15, 0.2) is 46.9 Å². The Bertz CT molecular complexity index is 586. The van der Waals surface area contributed by atoms with E-state index in [4.69, 9.17) is 5.73 Å². The van der Waals surface area contributed by atoms with Gasteiger partial charge in [-0.05, 0) is 41.5 Å². The topological polar surface area (TPSA) is 46.2 Å². The van der Waals surface area contributed by atoms with E-state index in [9.17, 15) is 13.9 Å². The minimum Gasteiger partial charge on any atom is -0.388 e. The van der Waals surface area contributed by atoms with Gasteiger partial charge in [-0.2, -0.15) is 0 Å². The van der Waals surface area contributed by atoms with Crippen LogP contribution in [-0.4, -0.2) is 11.7 Å². The third-order valence-electron chi connectivity index (χ3n) is 3.14. The quantitative estimate of drug-likeness (QED) is 0.893. The van der Waals surface area contributed by atoms with Crippen LogP contribution in [0.1, 0.15) is 23.1 Å². The predicted octanol–water partition coefficient (Wildman–Crippen LogP) is 3.50. The van der Waals surface area contributed by atoms with Crippen LogP contribution in [0.25, 0.3) is 0 Å². The smallest absolute Gasteiger partial charge is 0.124 e. The summed E-state index contributed by atoms with van der Waals surface area (Å²) in [4.78, 5) is 0. The number of halogens is 3. The normalized spacial score (nSPS) is 14.1. The van der Waals surface area contributed by atoms with E-state index in [2.05, 4.69) is 15.9 Å². The average molecular weight is 342 g/mol. The van der Waals surface area contributed by atoms with E-state index >= 15 is 0 Å². The monoisotopic (exact) mass is 341 g/mol. The lowest BCUT2D eigenvalue weighted by molar-refractivity contribution is 0.147. The minimum atomic E-state index is -1.01. The van der Waals surface area contributed by atoms with Crippen molar-refractivity contribution in [2.75, 3.05) is 6.54 Å². The summed E-state index contributed by atoms with van der Waals surface area (Å²) in [6.07, 6.45) is -1.01. The molecule has 2 aromatic rings. The highest BCUT2D eigenvalue weighted by Gasteiger charge is 2.22. The first-order chi connectivity index (χ1) is 9.51. The predicted molar refractivity (Wildman–Crippen MR) is 77.3 cm³/mol. The standard InChI is InChI=1S/C15H14BrF2NO/c16-11-4-10(6-13(18)7-11)15(20)14(8-19)9-2-1-3-12(17)5-9/h1-7,14-15,20H,8,19H2. The van der Waals surface area contributed by atoms with Gasteiger partial charge in [0.15, 0.2) is 0 Å². The van der Waals surface area contributed by atoms with Crippen LogP contribution in [0.3, 0.4) is 0 Å². The Morgan fingerprint density at radius 3 is 2.35 bits per heavy atom. The van der Waals surface area contributed by atoms with Crippen molar-refractivity contribution in [1.82, 2.24) is 0 Å². The van der Waals surface area contributed by atoms with Crippen molar-refractivity contribution in [1.29, 1.82) is 0 Å². The van der Waals surface area contributed by atoms with E-state index in [1.807, 2.05) is 0 Å². The number of aliphatic hydroxyl groups excluding tert-OH is 1. The summed E-state index contributed by atoms with van der Waals surface area (Å²) in [7, 11) is 0. The maximum atomic E-state index is 13.4. The van der Waals surface area contributed by atoms with Crippen molar-refractivity contribution >= 4 is 15.9 Å². The highest BCUT2D eigenvalue weighted by atomic mass is 79.9. The molecule has 0 amide bonds. The second-order valence-electron chi connectivity index (χ2n) is 4.54. The van der Waals surface area contributed by atoms with Crippen LogP contribution in [0, 0.1) is 11.6 Å². The Morgan fingerprint density at radius 1 is 1.05 bits per heavy atom. The molecule has 0 heterocycles. The zero-order chi connectivity index (χ0) is 14.7. The summed E-state index contributed by atoms with van der Waals surface area (Å²) in [5.74, 6) is -1.35. The molecule has 0 saturated heterocycles. The van der Waals surface area contributed by atoms with Gasteiger partial charge in [0.25, 0.3) is 0 Å². The Balaban J connectivity index is 2.35. The van der Waals surface area contributed by atoms with Gasteiger partial charge >= 0.3 is 0 Å². The van der Waals surface area contributed by atoms with Crippen LogP contribution in [0.4, 0.5) is 8.78 Å². The van der Waals surface area contributed by atoms with Crippen LogP contribution in [0.2, 0.25) is 0 Å². The van der Waals surface area contributed by atoms with Gasteiger partial charge in [-0.3, -0.25) is 0 Å². The SMILES string of the molecule is NCC(c1cccc(F)c1)C(O)c1cc(F)cc(Br)c1. The first kappa shape index (κ1) is 15.1. The summed E-state index contributed by atoms with van der Waals surface area (Å²) < 4.78 is 27.2. The molecule has 2 unspecified atom stereocenters. The molecule has 0 fully saturated rings. The van der Waals surface area contributed by atoms with E-state index in [0.717, 1.165) is 0 Å². The lowest BCUT2D eigenvalue weighted by atomic mass is 9.89. The van der Waals surface area contributed by atoms with Gasteiger partial charge in [0.1, 0.15) is 11.6 Å². The lowest BCUT2D eigenvalue weighted by Crippen LogP contribution is -2.20. The third-order valence-corrected chi connectivity index (χ3v) is 3.60. The summed E-state index contributed by atoms with van der Waals surface area (Å²) in [6, 6.07) is 10.1.